The average molecular weight is 232 g/mol. The number of Topliss-reactive ketones (excluding diaryl/α,β-unsaturated/α-hetero) is 1. The van der Waals surface area contributed by atoms with Crippen LogP contribution in [0.15, 0.2) is 41.8 Å². The second kappa shape index (κ2) is 4.94. The van der Waals surface area contributed by atoms with Crippen molar-refractivity contribution in [3.05, 3.63) is 52.2 Å². The highest BCUT2D eigenvalue weighted by atomic mass is 32.1. The first-order valence-electron chi connectivity index (χ1n) is 5.00. The molecule has 0 unspecified atom stereocenters. The molecular formula is C13H12O2S. The molecule has 0 atom stereocenters. The maximum Gasteiger partial charge on any atom is 0.171 e. The number of benzene rings is 1. The van der Waals surface area contributed by atoms with Gasteiger partial charge in [0.1, 0.15) is 5.75 Å². The number of carbonyl (C=O) groups excluding carboxylic acids is 1. The van der Waals surface area contributed by atoms with Gasteiger partial charge in [-0.25, -0.2) is 0 Å². The van der Waals surface area contributed by atoms with E-state index in [4.69, 9.17) is 4.74 Å². The van der Waals surface area contributed by atoms with E-state index in [0.717, 1.165) is 4.88 Å². The first-order valence-corrected chi connectivity index (χ1v) is 5.88. The molecule has 3 heteroatoms. The number of thiophene rings is 1. The molecule has 0 fully saturated rings. The predicted molar refractivity (Wildman–Crippen MR) is 65.3 cm³/mol. The number of carbonyl (C=O) groups is 1. The van der Waals surface area contributed by atoms with Gasteiger partial charge in [-0.1, -0.05) is 18.2 Å². The Morgan fingerprint density at radius 2 is 2.06 bits per heavy atom. The third kappa shape index (κ3) is 2.31. The van der Waals surface area contributed by atoms with E-state index in [1.54, 1.807) is 24.5 Å². The van der Waals surface area contributed by atoms with E-state index in [1.165, 1.54) is 0 Å². The van der Waals surface area contributed by atoms with Gasteiger partial charge in [0.2, 0.25) is 0 Å². The van der Waals surface area contributed by atoms with Crippen LogP contribution in [0.25, 0.3) is 0 Å². The van der Waals surface area contributed by atoms with Crippen molar-refractivity contribution in [2.45, 2.75) is 6.42 Å². The molecule has 1 aromatic carbocycles. The van der Waals surface area contributed by atoms with Gasteiger partial charge in [-0.3, -0.25) is 4.79 Å². The lowest BCUT2D eigenvalue weighted by atomic mass is 10.1. The molecule has 0 aliphatic rings. The number of hydrogen-bond donors (Lipinski definition) is 0. The smallest absolute Gasteiger partial charge is 0.171 e. The summed E-state index contributed by atoms with van der Waals surface area (Å²) in [6.45, 7) is 0. The average Bonchev–Trinajstić information content (AvgIpc) is 2.81. The van der Waals surface area contributed by atoms with Crippen LogP contribution < -0.4 is 4.74 Å². The number of methoxy groups -OCH3 is 1. The second-order valence-corrected chi connectivity index (χ2v) is 4.41. The standard InChI is InChI=1S/C13H12O2S/c1-15-13-7-3-2-6-11(13)12(14)9-10-5-4-8-16-10/h2-8H,9H2,1H3. The summed E-state index contributed by atoms with van der Waals surface area (Å²) < 4.78 is 5.17. The monoisotopic (exact) mass is 232 g/mol. The topological polar surface area (TPSA) is 26.3 Å². The van der Waals surface area contributed by atoms with Crippen molar-refractivity contribution < 1.29 is 9.53 Å². The van der Waals surface area contributed by atoms with E-state index in [9.17, 15) is 4.79 Å². The zero-order valence-electron chi connectivity index (χ0n) is 8.97. The van der Waals surface area contributed by atoms with Gasteiger partial charge in [0, 0.05) is 11.3 Å². The molecule has 0 aliphatic heterocycles. The van der Waals surface area contributed by atoms with Gasteiger partial charge >= 0.3 is 0 Å². The van der Waals surface area contributed by atoms with Gasteiger partial charge in [-0.05, 0) is 23.6 Å². The number of para-hydroxylation sites is 1. The van der Waals surface area contributed by atoms with Crippen LogP contribution in [0.5, 0.6) is 5.75 Å². The molecule has 0 N–H and O–H groups in total. The highest BCUT2D eigenvalue weighted by molar-refractivity contribution is 7.10. The second-order valence-electron chi connectivity index (χ2n) is 3.38. The SMILES string of the molecule is COc1ccccc1C(=O)Cc1cccs1. The number of ketones is 1. The zero-order valence-corrected chi connectivity index (χ0v) is 9.79. The van der Waals surface area contributed by atoms with Gasteiger partial charge in [0.25, 0.3) is 0 Å². The van der Waals surface area contributed by atoms with Gasteiger partial charge < -0.3 is 4.74 Å². The molecule has 1 aromatic heterocycles. The van der Waals surface area contributed by atoms with Crippen molar-refractivity contribution in [1.29, 1.82) is 0 Å². The van der Waals surface area contributed by atoms with Crippen molar-refractivity contribution in [3.63, 3.8) is 0 Å². The fourth-order valence-corrected chi connectivity index (χ4v) is 2.25. The summed E-state index contributed by atoms with van der Waals surface area (Å²) in [6.07, 6.45) is 0.442. The molecule has 2 rings (SSSR count). The summed E-state index contributed by atoms with van der Waals surface area (Å²) in [6, 6.07) is 11.2. The van der Waals surface area contributed by atoms with Crippen molar-refractivity contribution in [2.75, 3.05) is 7.11 Å². The summed E-state index contributed by atoms with van der Waals surface area (Å²) in [4.78, 5) is 13.1. The summed E-state index contributed by atoms with van der Waals surface area (Å²) >= 11 is 1.60. The molecule has 0 spiro atoms. The molecule has 1 heterocycles. The first-order chi connectivity index (χ1) is 7.81. The zero-order chi connectivity index (χ0) is 11.4. The normalized spacial score (nSPS) is 10.1. The fourth-order valence-electron chi connectivity index (χ4n) is 1.54. The van der Waals surface area contributed by atoms with Crippen LogP contribution in [0, 0.1) is 0 Å². The van der Waals surface area contributed by atoms with Gasteiger partial charge in [0.05, 0.1) is 12.7 Å². The van der Waals surface area contributed by atoms with Crippen LogP contribution in [-0.4, -0.2) is 12.9 Å². The molecule has 2 nitrogen and oxygen atoms in total. The largest absolute Gasteiger partial charge is 0.496 e. The van der Waals surface area contributed by atoms with Crippen LogP contribution in [0.1, 0.15) is 15.2 Å². The van der Waals surface area contributed by atoms with E-state index >= 15 is 0 Å². The Balaban J connectivity index is 2.21. The summed E-state index contributed by atoms with van der Waals surface area (Å²) in [5, 5.41) is 1.98. The molecule has 0 aliphatic carbocycles. The Labute approximate surface area is 98.5 Å². The predicted octanol–water partition coefficient (Wildman–Crippen LogP) is 3.18. The Morgan fingerprint density at radius 3 is 2.75 bits per heavy atom. The highest BCUT2D eigenvalue weighted by Gasteiger charge is 2.12. The van der Waals surface area contributed by atoms with Crippen molar-refractivity contribution >= 4 is 17.1 Å². The van der Waals surface area contributed by atoms with Crippen LogP contribution in [-0.2, 0) is 6.42 Å². The lowest BCUT2D eigenvalue weighted by molar-refractivity contribution is 0.0991. The molecule has 16 heavy (non-hydrogen) atoms. The Bertz CT molecular complexity index is 474. The van der Waals surface area contributed by atoms with Crippen LogP contribution >= 0.6 is 11.3 Å². The summed E-state index contributed by atoms with van der Waals surface area (Å²) in [5.41, 5.74) is 0.651. The molecule has 2 aromatic rings. The van der Waals surface area contributed by atoms with Crippen LogP contribution in [0.2, 0.25) is 0 Å². The number of rotatable bonds is 4. The fraction of sp³-hybridized carbons (Fsp3) is 0.154. The maximum atomic E-state index is 12.0. The third-order valence-electron chi connectivity index (χ3n) is 2.32. The highest BCUT2D eigenvalue weighted by Crippen LogP contribution is 2.20. The molecule has 0 saturated carbocycles. The summed E-state index contributed by atoms with van der Waals surface area (Å²) in [5.74, 6) is 0.740. The molecular weight excluding hydrogens is 220 g/mol. The van der Waals surface area contributed by atoms with Crippen molar-refractivity contribution in [3.8, 4) is 5.75 Å². The third-order valence-corrected chi connectivity index (χ3v) is 3.20. The first kappa shape index (κ1) is 10.9. The number of ether oxygens (including phenoxy) is 1. The van der Waals surface area contributed by atoms with E-state index in [1.807, 2.05) is 35.7 Å². The molecule has 0 bridgehead atoms. The van der Waals surface area contributed by atoms with E-state index < -0.39 is 0 Å². The minimum atomic E-state index is 0.0971. The molecule has 0 radical (unpaired) electrons. The minimum Gasteiger partial charge on any atom is -0.496 e. The molecule has 0 saturated heterocycles. The number of hydrogen-bond acceptors (Lipinski definition) is 3. The van der Waals surface area contributed by atoms with Crippen molar-refractivity contribution in [2.24, 2.45) is 0 Å². The van der Waals surface area contributed by atoms with Gasteiger partial charge in [0.15, 0.2) is 5.78 Å². The maximum absolute atomic E-state index is 12.0. The lowest BCUT2D eigenvalue weighted by Gasteiger charge is -2.06. The Hall–Kier alpha value is -1.61. The summed E-state index contributed by atoms with van der Waals surface area (Å²) in [7, 11) is 1.58. The minimum absolute atomic E-state index is 0.0971. The quantitative estimate of drug-likeness (QED) is 0.757. The van der Waals surface area contributed by atoms with Gasteiger partial charge in [-0.2, -0.15) is 0 Å². The Morgan fingerprint density at radius 1 is 1.25 bits per heavy atom. The van der Waals surface area contributed by atoms with Crippen LogP contribution in [0.3, 0.4) is 0 Å². The lowest BCUT2D eigenvalue weighted by Crippen LogP contribution is -2.04. The van der Waals surface area contributed by atoms with Crippen LogP contribution in [0.4, 0.5) is 0 Å². The van der Waals surface area contributed by atoms with E-state index in [-0.39, 0.29) is 5.78 Å². The van der Waals surface area contributed by atoms with Crippen molar-refractivity contribution in [1.82, 2.24) is 0 Å². The molecule has 0 amide bonds. The van der Waals surface area contributed by atoms with E-state index in [0.29, 0.717) is 17.7 Å². The van der Waals surface area contributed by atoms with Gasteiger partial charge in [-0.15, -0.1) is 11.3 Å². The van der Waals surface area contributed by atoms with E-state index in [2.05, 4.69) is 0 Å². The molecule has 82 valence electrons. The Kier molecular flexibility index (Phi) is 3.37.